The molecule has 1 atom stereocenters. The van der Waals surface area contributed by atoms with E-state index in [9.17, 15) is 4.79 Å². The average Bonchev–Trinajstić information content (AvgIpc) is 2.50. The number of nitrogens with one attached hydrogen (secondary N) is 1. The van der Waals surface area contributed by atoms with Crippen molar-refractivity contribution in [3.05, 3.63) is 28.8 Å². The highest BCUT2D eigenvalue weighted by Crippen LogP contribution is 2.23. The molecule has 0 spiro atoms. The summed E-state index contributed by atoms with van der Waals surface area (Å²) in [6.45, 7) is 3.91. The summed E-state index contributed by atoms with van der Waals surface area (Å²) in [6, 6.07) is 5.81. The van der Waals surface area contributed by atoms with E-state index in [4.69, 9.17) is 16.3 Å². The summed E-state index contributed by atoms with van der Waals surface area (Å²) in [5.74, 6) is 0.706. The Morgan fingerprint density at radius 1 is 1.26 bits per heavy atom. The molecule has 0 heterocycles. The molecule has 1 saturated carbocycles. The third kappa shape index (κ3) is 5.72. The van der Waals surface area contributed by atoms with E-state index in [1.54, 1.807) is 0 Å². The topological polar surface area (TPSA) is 38.3 Å². The zero-order valence-corrected chi connectivity index (χ0v) is 15.0. The Kier molecular flexibility index (Phi) is 7.22. The molecule has 1 aromatic carbocycles. The molecule has 1 N–H and O–H groups in total. The fourth-order valence-corrected chi connectivity index (χ4v) is 3.19. The van der Waals surface area contributed by atoms with Crippen molar-refractivity contribution in [3.8, 4) is 5.75 Å². The zero-order chi connectivity index (χ0) is 16.7. The quantitative estimate of drug-likeness (QED) is 0.817. The maximum Gasteiger partial charge on any atom is 0.261 e. The van der Waals surface area contributed by atoms with Crippen LogP contribution in [-0.4, -0.2) is 18.1 Å². The molecule has 0 saturated heterocycles. The molecule has 1 aromatic rings. The predicted octanol–water partition coefficient (Wildman–Crippen LogP) is 5.03. The van der Waals surface area contributed by atoms with Crippen molar-refractivity contribution in [3.63, 3.8) is 0 Å². The first-order valence-corrected chi connectivity index (χ1v) is 9.21. The van der Waals surface area contributed by atoms with E-state index in [0.717, 1.165) is 18.4 Å². The van der Waals surface area contributed by atoms with E-state index in [1.165, 1.54) is 32.1 Å². The van der Waals surface area contributed by atoms with Crippen molar-refractivity contribution in [2.24, 2.45) is 0 Å². The summed E-state index contributed by atoms with van der Waals surface area (Å²) in [4.78, 5) is 12.5. The van der Waals surface area contributed by atoms with Gasteiger partial charge in [-0.05, 0) is 49.9 Å². The van der Waals surface area contributed by atoms with Crippen molar-refractivity contribution in [2.45, 2.75) is 77.4 Å². The van der Waals surface area contributed by atoms with Crippen LogP contribution in [-0.2, 0) is 4.79 Å². The first kappa shape index (κ1) is 18.1. The van der Waals surface area contributed by atoms with Gasteiger partial charge in [0.15, 0.2) is 6.10 Å². The standard InChI is InChI=1S/C19H28ClNO2/c1-3-18(23-16-11-12-17(20)14(2)13-16)19(22)21-15-9-7-5-4-6-8-10-15/h11-13,15,18H,3-10H2,1-2H3,(H,21,22)/t18-/m1/s1. The van der Waals surface area contributed by atoms with Crippen LogP contribution in [0.2, 0.25) is 5.02 Å². The first-order chi connectivity index (χ1) is 11.1. The van der Waals surface area contributed by atoms with Crippen molar-refractivity contribution in [2.75, 3.05) is 0 Å². The number of carbonyl (C=O) groups is 1. The number of hydrogen-bond acceptors (Lipinski definition) is 2. The number of benzene rings is 1. The SMILES string of the molecule is CC[C@@H](Oc1ccc(Cl)c(C)c1)C(=O)NC1CCCCCCC1. The van der Waals surface area contributed by atoms with Crippen molar-refractivity contribution < 1.29 is 9.53 Å². The van der Waals surface area contributed by atoms with Crippen LogP contribution in [0.4, 0.5) is 0 Å². The summed E-state index contributed by atoms with van der Waals surface area (Å²) >= 11 is 6.04. The van der Waals surface area contributed by atoms with Crippen LogP contribution >= 0.6 is 11.6 Å². The van der Waals surface area contributed by atoms with Gasteiger partial charge in [-0.1, -0.05) is 50.6 Å². The van der Waals surface area contributed by atoms with E-state index in [-0.39, 0.29) is 5.91 Å². The van der Waals surface area contributed by atoms with Gasteiger partial charge in [0.1, 0.15) is 5.75 Å². The maximum atomic E-state index is 12.5. The number of ether oxygens (including phenoxy) is 1. The van der Waals surface area contributed by atoms with Gasteiger partial charge in [-0.2, -0.15) is 0 Å². The zero-order valence-electron chi connectivity index (χ0n) is 14.2. The molecule has 1 aliphatic rings. The van der Waals surface area contributed by atoms with E-state index in [2.05, 4.69) is 5.32 Å². The minimum Gasteiger partial charge on any atom is -0.481 e. The lowest BCUT2D eigenvalue weighted by atomic mass is 9.96. The van der Waals surface area contributed by atoms with E-state index in [0.29, 0.717) is 23.2 Å². The van der Waals surface area contributed by atoms with Gasteiger partial charge in [0.2, 0.25) is 0 Å². The molecule has 0 aliphatic heterocycles. The van der Waals surface area contributed by atoms with Crippen molar-refractivity contribution >= 4 is 17.5 Å². The second-order valence-electron chi connectivity index (χ2n) is 6.48. The molecule has 4 heteroatoms. The smallest absolute Gasteiger partial charge is 0.261 e. The Balaban J connectivity index is 1.93. The summed E-state index contributed by atoms with van der Waals surface area (Å²) < 4.78 is 5.89. The lowest BCUT2D eigenvalue weighted by Gasteiger charge is -2.24. The molecule has 2 rings (SSSR count). The van der Waals surface area contributed by atoms with Crippen LogP contribution in [0.5, 0.6) is 5.75 Å². The lowest BCUT2D eigenvalue weighted by molar-refractivity contribution is -0.129. The van der Waals surface area contributed by atoms with Crippen LogP contribution in [0.1, 0.15) is 63.9 Å². The van der Waals surface area contributed by atoms with Gasteiger partial charge in [0.25, 0.3) is 5.91 Å². The van der Waals surface area contributed by atoms with Gasteiger partial charge in [-0.25, -0.2) is 0 Å². The second kappa shape index (κ2) is 9.17. The Morgan fingerprint density at radius 2 is 1.91 bits per heavy atom. The third-order valence-corrected chi connectivity index (χ3v) is 4.95. The van der Waals surface area contributed by atoms with Crippen molar-refractivity contribution in [1.82, 2.24) is 5.32 Å². The minimum absolute atomic E-state index is 0.00526. The van der Waals surface area contributed by atoms with Crippen LogP contribution < -0.4 is 10.1 Å². The molecular formula is C19H28ClNO2. The van der Waals surface area contributed by atoms with Crippen LogP contribution in [0.25, 0.3) is 0 Å². The third-order valence-electron chi connectivity index (χ3n) is 4.52. The van der Waals surface area contributed by atoms with E-state index in [1.807, 2.05) is 32.0 Å². The van der Waals surface area contributed by atoms with E-state index >= 15 is 0 Å². The number of rotatable bonds is 5. The second-order valence-corrected chi connectivity index (χ2v) is 6.88. The summed E-state index contributed by atoms with van der Waals surface area (Å²) in [7, 11) is 0. The predicted molar refractivity (Wildman–Crippen MR) is 95.1 cm³/mol. The van der Waals surface area contributed by atoms with Crippen LogP contribution in [0.3, 0.4) is 0 Å². The Bertz CT molecular complexity index is 510. The Hall–Kier alpha value is -1.22. The van der Waals surface area contributed by atoms with Gasteiger partial charge < -0.3 is 10.1 Å². The van der Waals surface area contributed by atoms with Gasteiger partial charge in [0.05, 0.1) is 0 Å². The molecule has 0 radical (unpaired) electrons. The van der Waals surface area contributed by atoms with Crippen LogP contribution in [0.15, 0.2) is 18.2 Å². The van der Waals surface area contributed by atoms with Gasteiger partial charge in [-0.15, -0.1) is 0 Å². The fourth-order valence-electron chi connectivity index (χ4n) is 3.07. The molecule has 0 bridgehead atoms. The number of carbonyl (C=O) groups excluding carboxylic acids is 1. The van der Waals surface area contributed by atoms with E-state index < -0.39 is 6.10 Å². The normalized spacial score (nSPS) is 17.9. The molecule has 3 nitrogen and oxygen atoms in total. The lowest BCUT2D eigenvalue weighted by Crippen LogP contribution is -2.43. The molecular weight excluding hydrogens is 310 g/mol. The Morgan fingerprint density at radius 3 is 2.52 bits per heavy atom. The number of amides is 1. The monoisotopic (exact) mass is 337 g/mol. The largest absolute Gasteiger partial charge is 0.481 e. The van der Waals surface area contributed by atoms with Gasteiger partial charge in [-0.3, -0.25) is 4.79 Å². The molecule has 128 valence electrons. The summed E-state index contributed by atoms with van der Waals surface area (Å²) in [6.07, 6.45) is 8.69. The molecule has 23 heavy (non-hydrogen) atoms. The highest BCUT2D eigenvalue weighted by Gasteiger charge is 2.22. The number of halogens is 1. The van der Waals surface area contributed by atoms with Gasteiger partial charge in [0, 0.05) is 11.1 Å². The molecule has 1 amide bonds. The van der Waals surface area contributed by atoms with Crippen molar-refractivity contribution in [1.29, 1.82) is 0 Å². The first-order valence-electron chi connectivity index (χ1n) is 8.83. The average molecular weight is 338 g/mol. The highest BCUT2D eigenvalue weighted by molar-refractivity contribution is 6.31. The summed E-state index contributed by atoms with van der Waals surface area (Å²) in [5.41, 5.74) is 0.958. The highest BCUT2D eigenvalue weighted by atomic mass is 35.5. The molecule has 0 unspecified atom stereocenters. The molecule has 1 fully saturated rings. The minimum atomic E-state index is -0.444. The van der Waals surface area contributed by atoms with Gasteiger partial charge >= 0.3 is 0 Å². The molecule has 1 aliphatic carbocycles. The van der Waals surface area contributed by atoms with Crippen LogP contribution in [0, 0.1) is 6.92 Å². The maximum absolute atomic E-state index is 12.5. The summed E-state index contributed by atoms with van der Waals surface area (Å²) in [5, 5.41) is 3.91. The number of hydrogen-bond donors (Lipinski definition) is 1. The Labute approximate surface area is 144 Å². The number of aryl methyl sites for hydroxylation is 1. The molecule has 0 aromatic heterocycles. The fraction of sp³-hybridized carbons (Fsp3) is 0.632.